The normalized spacial score (nSPS) is 18.0. The highest BCUT2D eigenvalue weighted by Crippen LogP contribution is 2.27. The predicted octanol–water partition coefficient (Wildman–Crippen LogP) is 4.04. The third kappa shape index (κ3) is 3.92. The number of anilines is 1. The van der Waals surface area contributed by atoms with Crippen LogP contribution in [0.3, 0.4) is 0 Å². The first-order valence-electron chi connectivity index (χ1n) is 10.1. The second kappa shape index (κ2) is 7.99. The number of rotatable bonds is 4. The molecule has 0 aromatic heterocycles. The molecule has 0 spiro atoms. The van der Waals surface area contributed by atoms with Crippen LogP contribution in [-0.4, -0.2) is 37.6 Å². The smallest absolute Gasteiger partial charge is 0.285 e. The fourth-order valence-corrected chi connectivity index (χ4v) is 5.33. The number of carbonyl (C=O) groups is 1. The number of nitrogens with one attached hydrogen (secondary N) is 1. The molecule has 1 N–H and O–H groups in total. The molecule has 0 radical (unpaired) electrons. The lowest BCUT2D eigenvalue weighted by Gasteiger charge is -2.33. The Morgan fingerprint density at radius 2 is 1.76 bits per heavy atom. The van der Waals surface area contributed by atoms with Crippen molar-refractivity contribution in [1.82, 2.24) is 4.90 Å². The first-order valence-corrected chi connectivity index (χ1v) is 11.6. The van der Waals surface area contributed by atoms with E-state index in [4.69, 9.17) is 0 Å². The Labute approximate surface area is 171 Å². The van der Waals surface area contributed by atoms with E-state index in [1.54, 1.807) is 48.5 Å². The monoisotopic (exact) mass is 411 g/mol. The number of carbonyl (C=O) groups excluding carboxylic acids is 1. The van der Waals surface area contributed by atoms with Gasteiger partial charge in [0, 0.05) is 29.4 Å². The van der Waals surface area contributed by atoms with E-state index in [9.17, 15) is 13.2 Å². The highest BCUT2D eigenvalue weighted by Gasteiger charge is 2.28. The van der Waals surface area contributed by atoms with Gasteiger partial charge in [-0.3, -0.25) is 4.79 Å². The van der Waals surface area contributed by atoms with E-state index in [1.807, 2.05) is 11.8 Å². The van der Waals surface area contributed by atoms with Crippen LogP contribution in [-0.2, 0) is 10.0 Å². The molecule has 2 aromatic rings. The molecule has 6 nitrogen and oxygen atoms in total. The zero-order chi connectivity index (χ0) is 20.4. The Morgan fingerprint density at radius 3 is 2.45 bits per heavy atom. The average Bonchev–Trinajstić information content (AvgIpc) is 3.00. The molecule has 2 aliphatic rings. The molecule has 29 heavy (non-hydrogen) atoms. The van der Waals surface area contributed by atoms with E-state index >= 15 is 0 Å². The first kappa shape index (κ1) is 19.6. The zero-order valence-corrected chi connectivity index (χ0v) is 17.3. The van der Waals surface area contributed by atoms with Gasteiger partial charge >= 0.3 is 0 Å². The van der Waals surface area contributed by atoms with Crippen LogP contribution in [0.2, 0.25) is 0 Å². The Morgan fingerprint density at radius 1 is 1.07 bits per heavy atom. The number of hydrogen-bond acceptors (Lipinski definition) is 4. The van der Waals surface area contributed by atoms with Crippen molar-refractivity contribution in [3.63, 3.8) is 0 Å². The molecule has 1 saturated carbocycles. The van der Waals surface area contributed by atoms with Crippen LogP contribution < -0.4 is 5.32 Å². The van der Waals surface area contributed by atoms with Gasteiger partial charge in [0.1, 0.15) is 4.90 Å². The van der Waals surface area contributed by atoms with Gasteiger partial charge in [0.2, 0.25) is 0 Å². The summed E-state index contributed by atoms with van der Waals surface area (Å²) in [5, 5.41) is 3.07. The summed E-state index contributed by atoms with van der Waals surface area (Å²) in [6.07, 6.45) is 5.78. The highest BCUT2D eigenvalue weighted by atomic mass is 32.2. The number of hydrogen-bond donors (Lipinski definition) is 1. The number of amidine groups is 1. The maximum Gasteiger partial charge on any atom is 0.285 e. The van der Waals surface area contributed by atoms with Crippen LogP contribution in [0.5, 0.6) is 0 Å². The number of benzene rings is 2. The maximum atomic E-state index is 13.0. The molecule has 152 valence electrons. The molecule has 1 aliphatic heterocycles. The molecule has 7 heteroatoms. The van der Waals surface area contributed by atoms with Gasteiger partial charge < -0.3 is 10.2 Å². The van der Waals surface area contributed by atoms with Crippen LogP contribution in [0.4, 0.5) is 5.69 Å². The minimum Gasteiger partial charge on any atom is -0.339 e. The van der Waals surface area contributed by atoms with Crippen LogP contribution in [0.15, 0.2) is 57.8 Å². The molecular formula is C22H25N3O3S. The average molecular weight is 412 g/mol. The predicted molar refractivity (Wildman–Crippen MR) is 114 cm³/mol. The van der Waals surface area contributed by atoms with Crippen molar-refractivity contribution in [2.45, 2.75) is 50.0 Å². The minimum atomic E-state index is -3.66. The van der Waals surface area contributed by atoms with Crippen molar-refractivity contribution in [2.24, 2.45) is 4.40 Å². The SMILES string of the molecule is CCN(C(=O)c1ccc(NC2=NS(=O)(=O)c3ccccc32)cc1)C1CCCCC1. The number of sulfonamides is 1. The molecule has 1 aliphatic carbocycles. The summed E-state index contributed by atoms with van der Waals surface area (Å²) in [7, 11) is -3.66. The number of nitrogens with zero attached hydrogens (tertiary/aromatic N) is 2. The van der Waals surface area contributed by atoms with E-state index in [1.165, 1.54) is 19.3 Å². The van der Waals surface area contributed by atoms with Crippen molar-refractivity contribution in [3.8, 4) is 0 Å². The molecule has 0 unspecified atom stereocenters. The molecule has 1 fully saturated rings. The van der Waals surface area contributed by atoms with Gasteiger partial charge in [-0.1, -0.05) is 31.4 Å². The van der Waals surface area contributed by atoms with Crippen molar-refractivity contribution in [2.75, 3.05) is 11.9 Å². The quantitative estimate of drug-likeness (QED) is 0.823. The van der Waals surface area contributed by atoms with Crippen LogP contribution in [0.1, 0.15) is 54.9 Å². The van der Waals surface area contributed by atoms with Crippen molar-refractivity contribution >= 4 is 27.5 Å². The Kier molecular flexibility index (Phi) is 5.41. The summed E-state index contributed by atoms with van der Waals surface area (Å²) in [5.41, 5.74) is 1.89. The molecule has 0 atom stereocenters. The first-order chi connectivity index (χ1) is 14.0. The maximum absolute atomic E-state index is 13.0. The van der Waals surface area contributed by atoms with Crippen molar-refractivity contribution in [1.29, 1.82) is 0 Å². The summed E-state index contributed by atoms with van der Waals surface area (Å²) in [6, 6.07) is 14.2. The minimum absolute atomic E-state index is 0.0529. The van der Waals surface area contributed by atoms with Gasteiger partial charge in [-0.15, -0.1) is 4.40 Å². The van der Waals surface area contributed by atoms with Gasteiger partial charge in [-0.25, -0.2) is 0 Å². The topological polar surface area (TPSA) is 78.8 Å². The van der Waals surface area contributed by atoms with Gasteiger partial charge in [0.05, 0.1) is 0 Å². The van der Waals surface area contributed by atoms with Crippen molar-refractivity contribution < 1.29 is 13.2 Å². The Balaban J connectivity index is 1.51. The summed E-state index contributed by atoms with van der Waals surface area (Å²) in [4.78, 5) is 15.2. The lowest BCUT2D eigenvalue weighted by molar-refractivity contribution is 0.0648. The number of amides is 1. The Bertz CT molecular complexity index is 1040. The lowest BCUT2D eigenvalue weighted by atomic mass is 9.93. The van der Waals surface area contributed by atoms with E-state index in [0.29, 0.717) is 35.2 Å². The molecule has 2 aromatic carbocycles. The summed E-state index contributed by atoms with van der Waals surface area (Å²) < 4.78 is 28.2. The Hall–Kier alpha value is -2.67. The third-order valence-corrected chi connectivity index (χ3v) is 6.98. The van der Waals surface area contributed by atoms with Crippen molar-refractivity contribution in [3.05, 3.63) is 59.7 Å². The molecule has 1 heterocycles. The van der Waals surface area contributed by atoms with Gasteiger partial charge in [-0.2, -0.15) is 8.42 Å². The molecule has 1 amide bonds. The lowest BCUT2D eigenvalue weighted by Crippen LogP contribution is -2.41. The fraction of sp³-hybridized carbons (Fsp3) is 0.364. The molecular weight excluding hydrogens is 386 g/mol. The van der Waals surface area contributed by atoms with Crippen LogP contribution in [0, 0.1) is 0 Å². The molecule has 4 rings (SSSR count). The van der Waals surface area contributed by atoms with Crippen LogP contribution >= 0.6 is 0 Å². The third-order valence-electron chi connectivity index (χ3n) is 5.64. The largest absolute Gasteiger partial charge is 0.339 e. The van der Waals surface area contributed by atoms with Gasteiger partial charge in [0.15, 0.2) is 5.84 Å². The molecule has 0 bridgehead atoms. The van der Waals surface area contributed by atoms with E-state index in [2.05, 4.69) is 9.71 Å². The van der Waals surface area contributed by atoms with Crippen LogP contribution in [0.25, 0.3) is 0 Å². The fourth-order valence-electron chi connectivity index (χ4n) is 4.15. The zero-order valence-electron chi connectivity index (χ0n) is 16.5. The molecule has 0 saturated heterocycles. The summed E-state index contributed by atoms with van der Waals surface area (Å²) in [5.74, 6) is 0.356. The highest BCUT2D eigenvalue weighted by molar-refractivity contribution is 7.90. The second-order valence-electron chi connectivity index (χ2n) is 7.50. The van der Waals surface area contributed by atoms with E-state index < -0.39 is 10.0 Å². The second-order valence-corrected chi connectivity index (χ2v) is 9.07. The van der Waals surface area contributed by atoms with E-state index in [0.717, 1.165) is 12.8 Å². The number of fused-ring (bicyclic) bond motifs is 1. The summed E-state index contributed by atoms with van der Waals surface area (Å²) >= 11 is 0. The van der Waals surface area contributed by atoms with E-state index in [-0.39, 0.29) is 10.8 Å². The summed E-state index contributed by atoms with van der Waals surface area (Å²) in [6.45, 7) is 2.73. The standard InChI is InChI=1S/C22H25N3O3S/c1-2-25(18-8-4-3-5-9-18)22(26)16-12-14-17(15-13-16)23-21-19-10-6-7-11-20(19)29(27,28)24-21/h6-7,10-15,18H,2-5,8-9H2,1H3,(H,23,24). The van der Waals surface area contributed by atoms with Gasteiger partial charge in [0.25, 0.3) is 15.9 Å². The van der Waals surface area contributed by atoms with Gasteiger partial charge in [-0.05, 0) is 56.2 Å².